The molecule has 2 rings (SSSR count). The lowest BCUT2D eigenvalue weighted by Crippen LogP contribution is -2.00. The zero-order valence-corrected chi connectivity index (χ0v) is 9.71. The fraction of sp³-hybridized carbons (Fsp3) is 0.125. The molecule has 6 heteroatoms. The zero-order valence-electron chi connectivity index (χ0n) is 6.69. The van der Waals surface area contributed by atoms with Gasteiger partial charge in [-0.05, 0) is 6.07 Å². The van der Waals surface area contributed by atoms with Crippen molar-refractivity contribution in [1.82, 2.24) is 10.2 Å². The minimum Gasteiger partial charge on any atom is -0.277 e. The third kappa shape index (κ3) is 1.68. The lowest BCUT2D eigenvalue weighted by atomic mass is 10.2. The van der Waals surface area contributed by atoms with Crippen LogP contribution in [-0.4, -0.2) is 10.2 Å². The van der Waals surface area contributed by atoms with Gasteiger partial charge in [-0.3, -0.25) is 5.10 Å². The van der Waals surface area contributed by atoms with Crippen LogP contribution in [-0.2, 0) is 3.79 Å². The summed E-state index contributed by atoms with van der Waals surface area (Å²) in [6.45, 7) is 0. The van der Waals surface area contributed by atoms with E-state index in [1.165, 1.54) is 0 Å². The van der Waals surface area contributed by atoms with Gasteiger partial charge < -0.3 is 0 Å². The van der Waals surface area contributed by atoms with E-state index < -0.39 is 3.79 Å². The van der Waals surface area contributed by atoms with Gasteiger partial charge in [0.15, 0.2) is 0 Å². The lowest BCUT2D eigenvalue weighted by Gasteiger charge is -2.12. The molecule has 0 spiro atoms. The molecule has 0 bridgehead atoms. The Morgan fingerprint density at radius 2 is 1.93 bits per heavy atom. The Bertz CT molecular complexity index is 472. The average molecular weight is 270 g/mol. The number of aromatic nitrogens is 2. The Balaban J connectivity index is 2.80. The molecule has 1 aromatic heterocycles. The van der Waals surface area contributed by atoms with Crippen LogP contribution < -0.4 is 0 Å². The first-order valence-electron chi connectivity index (χ1n) is 3.69. The molecular formula is C8H4Cl4N2. The minimum absolute atomic E-state index is 0.541. The second-order valence-corrected chi connectivity index (χ2v) is 5.44. The standard InChI is InChI=1S/C8H4Cl4N2/c9-6-2-1-5(8(10,11)12)7-4(6)3-13-14-7/h1-3H,(H,13,14). The first kappa shape index (κ1) is 10.4. The number of rotatable bonds is 0. The Morgan fingerprint density at radius 3 is 2.57 bits per heavy atom. The van der Waals surface area contributed by atoms with E-state index in [1.54, 1.807) is 18.3 Å². The van der Waals surface area contributed by atoms with Crippen LogP contribution in [0.1, 0.15) is 5.56 Å². The van der Waals surface area contributed by atoms with Gasteiger partial charge >= 0.3 is 0 Å². The monoisotopic (exact) mass is 268 g/mol. The Hall–Kier alpha value is -0.150. The topological polar surface area (TPSA) is 28.7 Å². The molecule has 1 N–H and O–H groups in total. The van der Waals surface area contributed by atoms with Crippen LogP contribution >= 0.6 is 46.4 Å². The molecule has 0 aliphatic carbocycles. The first-order chi connectivity index (χ1) is 6.50. The number of nitrogens with zero attached hydrogens (tertiary/aromatic N) is 1. The smallest absolute Gasteiger partial charge is 0.218 e. The van der Waals surface area contributed by atoms with Gasteiger partial charge in [-0.1, -0.05) is 52.5 Å². The molecule has 0 fully saturated rings. The van der Waals surface area contributed by atoms with Crippen molar-refractivity contribution in [2.45, 2.75) is 3.79 Å². The van der Waals surface area contributed by atoms with Gasteiger partial charge in [0.05, 0.1) is 16.7 Å². The second-order valence-electron chi connectivity index (χ2n) is 2.75. The maximum Gasteiger partial charge on any atom is 0.218 e. The van der Waals surface area contributed by atoms with Crippen molar-refractivity contribution >= 4 is 57.3 Å². The number of nitrogens with one attached hydrogen (secondary N) is 1. The molecule has 2 aromatic rings. The molecular weight excluding hydrogens is 266 g/mol. The molecule has 1 aromatic carbocycles. The van der Waals surface area contributed by atoms with Gasteiger partial charge in [-0.2, -0.15) is 5.10 Å². The summed E-state index contributed by atoms with van der Waals surface area (Å²) in [7, 11) is 0. The molecule has 0 aliphatic rings. The summed E-state index contributed by atoms with van der Waals surface area (Å²) in [5.41, 5.74) is 1.19. The predicted octanol–water partition coefficient (Wildman–Crippen LogP) is 4.04. The summed E-state index contributed by atoms with van der Waals surface area (Å²) < 4.78 is -1.48. The molecule has 14 heavy (non-hydrogen) atoms. The molecule has 0 aliphatic heterocycles. The van der Waals surface area contributed by atoms with Gasteiger partial charge in [0.2, 0.25) is 3.79 Å². The predicted molar refractivity (Wildman–Crippen MR) is 60.3 cm³/mol. The molecule has 0 saturated carbocycles. The third-order valence-electron chi connectivity index (χ3n) is 1.87. The highest BCUT2D eigenvalue weighted by atomic mass is 35.6. The highest BCUT2D eigenvalue weighted by Crippen LogP contribution is 2.42. The fourth-order valence-corrected chi connectivity index (χ4v) is 1.92. The Labute approximate surface area is 100 Å². The number of H-pyrrole nitrogens is 1. The largest absolute Gasteiger partial charge is 0.277 e. The van der Waals surface area contributed by atoms with Crippen molar-refractivity contribution in [1.29, 1.82) is 0 Å². The molecule has 0 atom stereocenters. The molecule has 1 heterocycles. The number of halogens is 4. The first-order valence-corrected chi connectivity index (χ1v) is 5.20. The van der Waals surface area contributed by atoms with Gasteiger partial charge in [-0.25, -0.2) is 0 Å². The van der Waals surface area contributed by atoms with E-state index in [0.29, 0.717) is 16.1 Å². The highest BCUT2D eigenvalue weighted by Gasteiger charge is 2.26. The maximum absolute atomic E-state index is 5.93. The molecule has 74 valence electrons. The molecule has 0 unspecified atom stereocenters. The second kappa shape index (κ2) is 3.46. The van der Waals surface area contributed by atoms with Crippen LogP contribution in [0.4, 0.5) is 0 Å². The fourth-order valence-electron chi connectivity index (χ4n) is 1.24. The van der Waals surface area contributed by atoms with Crippen molar-refractivity contribution in [2.75, 3.05) is 0 Å². The van der Waals surface area contributed by atoms with Crippen molar-refractivity contribution in [3.05, 3.63) is 28.9 Å². The van der Waals surface area contributed by atoms with E-state index in [0.717, 1.165) is 5.39 Å². The van der Waals surface area contributed by atoms with E-state index in [4.69, 9.17) is 46.4 Å². The van der Waals surface area contributed by atoms with Crippen LogP contribution in [0, 0.1) is 0 Å². The van der Waals surface area contributed by atoms with Gasteiger partial charge in [0.1, 0.15) is 0 Å². The lowest BCUT2D eigenvalue weighted by molar-refractivity contribution is 1.10. The van der Waals surface area contributed by atoms with E-state index in [-0.39, 0.29) is 0 Å². The summed E-state index contributed by atoms with van der Waals surface area (Å²) in [5.74, 6) is 0. The number of alkyl halides is 3. The molecule has 0 amide bonds. The Morgan fingerprint density at radius 1 is 1.21 bits per heavy atom. The number of hydrogen-bond donors (Lipinski definition) is 1. The number of fused-ring (bicyclic) bond motifs is 1. The number of benzene rings is 1. The van der Waals surface area contributed by atoms with Crippen molar-refractivity contribution in [3.63, 3.8) is 0 Å². The minimum atomic E-state index is -1.48. The number of aromatic amines is 1. The summed E-state index contributed by atoms with van der Waals surface area (Å²) in [6, 6.07) is 3.34. The summed E-state index contributed by atoms with van der Waals surface area (Å²) in [6.07, 6.45) is 1.59. The normalized spacial score (nSPS) is 12.3. The average Bonchev–Trinajstić information content (AvgIpc) is 2.50. The molecule has 2 nitrogen and oxygen atoms in total. The Kier molecular flexibility index (Phi) is 2.56. The van der Waals surface area contributed by atoms with E-state index in [1.807, 2.05) is 0 Å². The van der Waals surface area contributed by atoms with E-state index in [9.17, 15) is 0 Å². The highest BCUT2D eigenvalue weighted by molar-refractivity contribution is 6.67. The van der Waals surface area contributed by atoms with Crippen LogP contribution in [0.25, 0.3) is 10.9 Å². The van der Waals surface area contributed by atoms with Crippen LogP contribution in [0.15, 0.2) is 18.3 Å². The van der Waals surface area contributed by atoms with Gasteiger partial charge in [0, 0.05) is 10.9 Å². The molecule has 0 radical (unpaired) electrons. The quantitative estimate of drug-likeness (QED) is 0.719. The summed E-state index contributed by atoms with van der Waals surface area (Å²) in [4.78, 5) is 0. The maximum atomic E-state index is 5.93. The van der Waals surface area contributed by atoms with Gasteiger partial charge in [0.25, 0.3) is 0 Å². The van der Waals surface area contributed by atoms with Crippen molar-refractivity contribution < 1.29 is 0 Å². The zero-order chi connectivity index (χ0) is 10.3. The van der Waals surface area contributed by atoms with Crippen molar-refractivity contribution in [3.8, 4) is 0 Å². The summed E-state index contributed by atoms with van der Waals surface area (Å²) >= 11 is 23.3. The number of hydrogen-bond acceptors (Lipinski definition) is 1. The van der Waals surface area contributed by atoms with Crippen LogP contribution in [0.2, 0.25) is 5.02 Å². The van der Waals surface area contributed by atoms with Crippen LogP contribution in [0.5, 0.6) is 0 Å². The SMILES string of the molecule is Clc1ccc(C(Cl)(Cl)Cl)c2[nH]ncc12. The molecule has 0 saturated heterocycles. The van der Waals surface area contributed by atoms with Crippen molar-refractivity contribution in [2.24, 2.45) is 0 Å². The van der Waals surface area contributed by atoms with Crippen LogP contribution in [0.3, 0.4) is 0 Å². The van der Waals surface area contributed by atoms with E-state index in [2.05, 4.69) is 10.2 Å². The van der Waals surface area contributed by atoms with Gasteiger partial charge in [-0.15, -0.1) is 0 Å². The summed E-state index contributed by atoms with van der Waals surface area (Å²) in [5, 5.41) is 7.92. The van der Waals surface area contributed by atoms with E-state index >= 15 is 0 Å². The third-order valence-corrected chi connectivity index (χ3v) is 2.81.